The molecule has 1 fully saturated rings. The van der Waals surface area contributed by atoms with E-state index in [4.69, 9.17) is 27.6 Å². The second-order valence-corrected chi connectivity index (χ2v) is 8.84. The van der Waals surface area contributed by atoms with Crippen LogP contribution in [0.25, 0.3) is 17.4 Å². The van der Waals surface area contributed by atoms with Gasteiger partial charge in [0.25, 0.3) is 5.69 Å². The largest absolute Gasteiger partial charge is 0.457 e. The second kappa shape index (κ2) is 10.2. The average Bonchev–Trinajstić information content (AvgIpc) is 3.30. The van der Waals surface area contributed by atoms with Crippen LogP contribution in [0.2, 0.25) is 10.0 Å². The molecule has 188 valence electrons. The molecule has 0 radical (unpaired) electrons. The summed E-state index contributed by atoms with van der Waals surface area (Å²) in [4.78, 5) is 26.3. The Balaban J connectivity index is 1.40. The van der Waals surface area contributed by atoms with E-state index in [0.717, 1.165) is 12.1 Å². The van der Waals surface area contributed by atoms with Crippen molar-refractivity contribution in [1.29, 1.82) is 0 Å². The van der Waals surface area contributed by atoms with Gasteiger partial charge in [-0.25, -0.2) is 0 Å². The Bertz CT molecular complexity index is 1310. The normalized spacial score (nSPS) is 14.5. The standard InChI is InChI=1S/C24H18Cl2F3N3O4/c25-17-11-15(12-18(26)14-17)22-5-2-19(36-22)3-6-23(33)31-9-7-30(8-10-31)20-4-1-16(24(27,28)29)13-21(20)32(34)35/h1-6,11-14H,7-10H2. The summed E-state index contributed by atoms with van der Waals surface area (Å²) in [5, 5.41) is 12.3. The number of furan rings is 1. The topological polar surface area (TPSA) is 79.8 Å². The minimum Gasteiger partial charge on any atom is -0.457 e. The molecular formula is C24H18Cl2F3N3O4. The number of hydrogen-bond acceptors (Lipinski definition) is 5. The zero-order valence-corrected chi connectivity index (χ0v) is 20.0. The number of nitro benzene ring substituents is 1. The van der Waals surface area contributed by atoms with E-state index in [-0.39, 0.29) is 37.8 Å². The lowest BCUT2D eigenvalue weighted by Crippen LogP contribution is -2.48. The third-order valence-electron chi connectivity index (χ3n) is 5.60. The van der Waals surface area contributed by atoms with Crippen LogP contribution in [0.4, 0.5) is 24.5 Å². The molecule has 1 saturated heterocycles. The van der Waals surface area contributed by atoms with Gasteiger partial charge in [0, 0.05) is 53.9 Å². The number of rotatable bonds is 5. The molecule has 0 atom stereocenters. The van der Waals surface area contributed by atoms with Gasteiger partial charge in [-0.3, -0.25) is 14.9 Å². The Kier molecular flexibility index (Phi) is 7.28. The van der Waals surface area contributed by atoms with E-state index in [0.29, 0.717) is 33.2 Å². The van der Waals surface area contributed by atoms with E-state index in [9.17, 15) is 28.1 Å². The molecule has 1 amide bonds. The fourth-order valence-corrected chi connectivity index (χ4v) is 4.36. The lowest BCUT2D eigenvalue weighted by Gasteiger charge is -2.35. The fourth-order valence-electron chi connectivity index (χ4n) is 3.83. The quantitative estimate of drug-likeness (QED) is 0.209. The molecule has 0 aliphatic carbocycles. The minimum absolute atomic E-state index is 0.0832. The number of alkyl halides is 3. The van der Waals surface area contributed by atoms with Crippen molar-refractivity contribution in [3.05, 3.63) is 86.1 Å². The Morgan fingerprint density at radius 3 is 2.28 bits per heavy atom. The highest BCUT2D eigenvalue weighted by molar-refractivity contribution is 6.35. The van der Waals surface area contributed by atoms with Gasteiger partial charge in [0.15, 0.2) is 0 Å². The number of carbonyl (C=O) groups excluding carboxylic acids is 1. The van der Waals surface area contributed by atoms with Gasteiger partial charge < -0.3 is 14.2 Å². The molecule has 1 aliphatic heterocycles. The summed E-state index contributed by atoms with van der Waals surface area (Å²) in [6.07, 6.45) is -1.81. The predicted octanol–water partition coefficient (Wildman–Crippen LogP) is 6.54. The van der Waals surface area contributed by atoms with E-state index in [2.05, 4.69) is 0 Å². The third-order valence-corrected chi connectivity index (χ3v) is 6.03. The van der Waals surface area contributed by atoms with Crippen LogP contribution in [0.15, 0.2) is 59.0 Å². The first-order valence-corrected chi connectivity index (χ1v) is 11.4. The van der Waals surface area contributed by atoms with Gasteiger partial charge in [-0.05, 0) is 48.5 Å². The van der Waals surface area contributed by atoms with Crippen LogP contribution in [-0.2, 0) is 11.0 Å². The molecule has 0 spiro atoms. The SMILES string of the molecule is O=C(C=Cc1ccc(-c2cc(Cl)cc(Cl)c2)o1)N1CCN(c2ccc(C(F)(F)F)cc2[N+](=O)[O-])CC1. The summed E-state index contributed by atoms with van der Waals surface area (Å²) in [5.41, 5.74) is -0.942. The Morgan fingerprint density at radius 2 is 1.67 bits per heavy atom. The van der Waals surface area contributed by atoms with E-state index >= 15 is 0 Å². The number of hydrogen-bond donors (Lipinski definition) is 0. The summed E-state index contributed by atoms with van der Waals surface area (Å²) in [6.45, 7) is 0.940. The fraction of sp³-hybridized carbons (Fsp3) is 0.208. The highest BCUT2D eigenvalue weighted by Crippen LogP contribution is 2.37. The molecule has 0 bridgehead atoms. The number of carbonyl (C=O) groups is 1. The maximum absolute atomic E-state index is 13.0. The number of piperazine rings is 1. The van der Waals surface area contributed by atoms with Gasteiger partial charge in [0.1, 0.15) is 17.2 Å². The number of anilines is 1. The van der Waals surface area contributed by atoms with Crippen molar-refractivity contribution < 1.29 is 27.3 Å². The summed E-state index contributed by atoms with van der Waals surface area (Å²) >= 11 is 12.0. The Labute approximate surface area is 213 Å². The van der Waals surface area contributed by atoms with Crippen molar-refractivity contribution in [2.75, 3.05) is 31.1 Å². The number of nitro groups is 1. The Hall–Kier alpha value is -3.50. The van der Waals surface area contributed by atoms with Gasteiger partial charge in [-0.2, -0.15) is 13.2 Å². The van der Waals surface area contributed by atoms with Crippen molar-refractivity contribution in [3.63, 3.8) is 0 Å². The highest BCUT2D eigenvalue weighted by atomic mass is 35.5. The smallest absolute Gasteiger partial charge is 0.416 e. The Morgan fingerprint density at radius 1 is 1.00 bits per heavy atom. The van der Waals surface area contributed by atoms with Gasteiger partial charge >= 0.3 is 6.18 Å². The zero-order valence-electron chi connectivity index (χ0n) is 18.5. The molecule has 4 rings (SSSR count). The summed E-state index contributed by atoms with van der Waals surface area (Å²) in [6, 6.07) is 10.9. The van der Waals surface area contributed by atoms with Crippen LogP contribution >= 0.6 is 23.2 Å². The minimum atomic E-state index is -4.68. The molecule has 1 aliphatic rings. The maximum Gasteiger partial charge on any atom is 0.416 e. The van der Waals surface area contributed by atoms with E-state index in [1.807, 2.05) is 0 Å². The van der Waals surface area contributed by atoms with Crippen LogP contribution in [0.5, 0.6) is 0 Å². The molecule has 0 N–H and O–H groups in total. The molecule has 36 heavy (non-hydrogen) atoms. The van der Waals surface area contributed by atoms with Crippen LogP contribution < -0.4 is 4.90 Å². The molecular weight excluding hydrogens is 522 g/mol. The molecule has 7 nitrogen and oxygen atoms in total. The molecule has 0 unspecified atom stereocenters. The van der Waals surface area contributed by atoms with Crippen molar-refractivity contribution in [2.24, 2.45) is 0 Å². The van der Waals surface area contributed by atoms with Crippen LogP contribution in [-0.4, -0.2) is 41.9 Å². The summed E-state index contributed by atoms with van der Waals surface area (Å²) in [5.74, 6) is 0.673. The van der Waals surface area contributed by atoms with E-state index in [1.165, 1.54) is 12.2 Å². The van der Waals surface area contributed by atoms with Gasteiger partial charge in [-0.1, -0.05) is 23.2 Å². The van der Waals surface area contributed by atoms with Gasteiger partial charge in [0.05, 0.1) is 10.5 Å². The number of amides is 1. The summed E-state index contributed by atoms with van der Waals surface area (Å²) in [7, 11) is 0. The number of benzene rings is 2. The van der Waals surface area contributed by atoms with E-state index in [1.54, 1.807) is 40.1 Å². The number of halogens is 5. The lowest BCUT2D eigenvalue weighted by atomic mass is 10.1. The lowest BCUT2D eigenvalue weighted by molar-refractivity contribution is -0.384. The molecule has 12 heteroatoms. The molecule has 2 aromatic carbocycles. The number of nitrogens with zero attached hydrogens (tertiary/aromatic N) is 3. The summed E-state index contributed by atoms with van der Waals surface area (Å²) < 4.78 is 44.6. The predicted molar refractivity (Wildman–Crippen MR) is 130 cm³/mol. The average molecular weight is 540 g/mol. The highest BCUT2D eigenvalue weighted by Gasteiger charge is 2.34. The van der Waals surface area contributed by atoms with Crippen LogP contribution in [0, 0.1) is 10.1 Å². The first-order chi connectivity index (χ1) is 17.0. The van der Waals surface area contributed by atoms with E-state index < -0.39 is 22.4 Å². The van der Waals surface area contributed by atoms with Crippen molar-refractivity contribution >= 4 is 46.6 Å². The molecule has 2 heterocycles. The van der Waals surface area contributed by atoms with Gasteiger partial charge in [0.2, 0.25) is 5.91 Å². The molecule has 1 aromatic heterocycles. The van der Waals surface area contributed by atoms with Crippen LogP contribution in [0.1, 0.15) is 11.3 Å². The van der Waals surface area contributed by atoms with Gasteiger partial charge in [-0.15, -0.1) is 0 Å². The van der Waals surface area contributed by atoms with Crippen molar-refractivity contribution in [1.82, 2.24) is 4.90 Å². The monoisotopic (exact) mass is 539 g/mol. The maximum atomic E-state index is 13.0. The first kappa shape index (κ1) is 25.6. The van der Waals surface area contributed by atoms with Crippen LogP contribution in [0.3, 0.4) is 0 Å². The second-order valence-electron chi connectivity index (χ2n) is 7.96. The zero-order chi connectivity index (χ0) is 26.0. The van der Waals surface area contributed by atoms with Crippen molar-refractivity contribution in [2.45, 2.75) is 6.18 Å². The third kappa shape index (κ3) is 5.83. The van der Waals surface area contributed by atoms with Crippen molar-refractivity contribution in [3.8, 4) is 11.3 Å². The molecule has 0 saturated carbocycles. The first-order valence-electron chi connectivity index (χ1n) is 10.6. The molecule has 3 aromatic rings.